The lowest BCUT2D eigenvalue weighted by molar-refractivity contribution is -0.151. The van der Waals surface area contributed by atoms with Gasteiger partial charge in [-0.3, -0.25) is 9.59 Å². The molecule has 0 radical (unpaired) electrons. The van der Waals surface area contributed by atoms with Gasteiger partial charge in [-0.05, 0) is 83.5 Å². The SMILES string of the molecule is CC/C=C\C/C=C\C/C=C\C/C=C\C/C=C\CCCC(CC(=O)NC(CO)C(O)CCCCCCCCCCCCCCCCC)OC(=O)CCCCCCC/C=C\CCCC. The van der Waals surface area contributed by atoms with Gasteiger partial charge in [0, 0.05) is 6.42 Å². The Balaban J connectivity index is 4.67. The Morgan fingerprint density at radius 1 is 0.484 bits per heavy atom. The molecule has 358 valence electrons. The third-order valence-corrected chi connectivity index (χ3v) is 11.5. The number of aliphatic hydroxyl groups is 2. The first-order chi connectivity index (χ1) is 30.5. The summed E-state index contributed by atoms with van der Waals surface area (Å²) in [5, 5.41) is 23.8. The van der Waals surface area contributed by atoms with Crippen LogP contribution in [-0.4, -0.2) is 46.9 Å². The Labute approximate surface area is 383 Å². The van der Waals surface area contributed by atoms with Crippen molar-refractivity contribution in [3.8, 4) is 0 Å². The van der Waals surface area contributed by atoms with E-state index >= 15 is 0 Å². The first-order valence-corrected chi connectivity index (χ1v) is 26.2. The lowest BCUT2D eigenvalue weighted by atomic mass is 10.0. The van der Waals surface area contributed by atoms with Crippen molar-refractivity contribution in [3.05, 3.63) is 72.9 Å². The Morgan fingerprint density at radius 3 is 1.42 bits per heavy atom. The molecule has 0 aromatic carbocycles. The largest absolute Gasteiger partial charge is 0.462 e. The van der Waals surface area contributed by atoms with E-state index in [9.17, 15) is 19.8 Å². The minimum atomic E-state index is -0.806. The summed E-state index contributed by atoms with van der Waals surface area (Å²) in [5.41, 5.74) is 0. The number of carbonyl (C=O) groups excluding carboxylic acids is 2. The number of amides is 1. The van der Waals surface area contributed by atoms with Crippen LogP contribution in [0.2, 0.25) is 0 Å². The van der Waals surface area contributed by atoms with Gasteiger partial charge in [0.2, 0.25) is 5.91 Å². The van der Waals surface area contributed by atoms with Crippen molar-refractivity contribution in [1.82, 2.24) is 5.32 Å². The van der Waals surface area contributed by atoms with E-state index in [4.69, 9.17) is 4.74 Å². The fraction of sp³-hybridized carbons (Fsp3) is 0.750. The lowest BCUT2D eigenvalue weighted by Crippen LogP contribution is -2.46. The van der Waals surface area contributed by atoms with Gasteiger partial charge >= 0.3 is 5.97 Å². The van der Waals surface area contributed by atoms with Crippen LogP contribution in [0, 0.1) is 0 Å². The van der Waals surface area contributed by atoms with E-state index in [2.05, 4.69) is 99.0 Å². The number of carbonyl (C=O) groups is 2. The zero-order chi connectivity index (χ0) is 45.2. The molecule has 3 N–H and O–H groups in total. The molecule has 6 heteroatoms. The van der Waals surface area contributed by atoms with E-state index in [-0.39, 0.29) is 24.9 Å². The molecule has 0 heterocycles. The summed E-state index contributed by atoms with van der Waals surface area (Å²) >= 11 is 0. The fourth-order valence-corrected chi connectivity index (χ4v) is 7.56. The Bertz CT molecular complexity index is 1150. The summed E-state index contributed by atoms with van der Waals surface area (Å²) in [6.45, 7) is 6.32. The Morgan fingerprint density at radius 2 is 0.903 bits per heavy atom. The minimum absolute atomic E-state index is 0.0331. The summed E-state index contributed by atoms with van der Waals surface area (Å²) in [5.74, 6) is -0.542. The van der Waals surface area contributed by atoms with Gasteiger partial charge in [0.15, 0.2) is 0 Å². The van der Waals surface area contributed by atoms with Gasteiger partial charge in [0.25, 0.3) is 0 Å². The van der Waals surface area contributed by atoms with Crippen molar-refractivity contribution in [2.75, 3.05) is 6.61 Å². The number of ether oxygens (including phenoxy) is 1. The highest BCUT2D eigenvalue weighted by molar-refractivity contribution is 5.77. The van der Waals surface area contributed by atoms with Gasteiger partial charge in [-0.25, -0.2) is 0 Å². The predicted molar refractivity (Wildman–Crippen MR) is 268 cm³/mol. The van der Waals surface area contributed by atoms with Crippen molar-refractivity contribution in [3.63, 3.8) is 0 Å². The highest BCUT2D eigenvalue weighted by Crippen LogP contribution is 2.17. The normalized spacial score (nSPS) is 13.8. The van der Waals surface area contributed by atoms with E-state index in [1.807, 2.05) is 0 Å². The third-order valence-electron chi connectivity index (χ3n) is 11.5. The van der Waals surface area contributed by atoms with Gasteiger partial charge in [-0.2, -0.15) is 0 Å². The van der Waals surface area contributed by atoms with Crippen LogP contribution >= 0.6 is 0 Å². The molecule has 0 spiro atoms. The molecule has 0 aliphatic carbocycles. The van der Waals surface area contributed by atoms with Crippen LogP contribution in [0.3, 0.4) is 0 Å². The molecule has 0 aromatic heterocycles. The second-order valence-corrected chi connectivity index (χ2v) is 17.5. The molecule has 0 aromatic rings. The number of hydrogen-bond donors (Lipinski definition) is 3. The van der Waals surface area contributed by atoms with Crippen LogP contribution in [0.15, 0.2) is 72.9 Å². The molecule has 6 nitrogen and oxygen atoms in total. The smallest absolute Gasteiger partial charge is 0.306 e. The quantitative estimate of drug-likeness (QED) is 0.0322. The van der Waals surface area contributed by atoms with Crippen LogP contribution in [0.4, 0.5) is 0 Å². The van der Waals surface area contributed by atoms with Crippen LogP contribution in [0.1, 0.15) is 245 Å². The predicted octanol–water partition coefficient (Wildman–Crippen LogP) is 15.8. The molecule has 0 aliphatic heterocycles. The van der Waals surface area contributed by atoms with Gasteiger partial charge < -0.3 is 20.3 Å². The summed E-state index contributed by atoms with van der Waals surface area (Å²) < 4.78 is 5.90. The van der Waals surface area contributed by atoms with Crippen LogP contribution in [-0.2, 0) is 14.3 Å². The van der Waals surface area contributed by atoms with Gasteiger partial charge in [0.1, 0.15) is 6.10 Å². The summed E-state index contributed by atoms with van der Waals surface area (Å²) in [6, 6.07) is -0.723. The van der Waals surface area contributed by atoms with Crippen molar-refractivity contribution in [1.29, 1.82) is 0 Å². The number of hydrogen-bond acceptors (Lipinski definition) is 5. The summed E-state index contributed by atoms with van der Waals surface area (Å²) in [4.78, 5) is 26.1. The van der Waals surface area contributed by atoms with Crippen molar-refractivity contribution >= 4 is 11.9 Å². The van der Waals surface area contributed by atoms with Crippen molar-refractivity contribution in [2.24, 2.45) is 0 Å². The van der Waals surface area contributed by atoms with Gasteiger partial charge in [-0.1, -0.05) is 222 Å². The molecule has 0 saturated carbocycles. The monoisotopic (exact) mass is 866 g/mol. The molecule has 0 rings (SSSR count). The van der Waals surface area contributed by atoms with E-state index in [1.54, 1.807) is 0 Å². The molecule has 3 unspecified atom stereocenters. The number of nitrogens with one attached hydrogen (secondary N) is 1. The van der Waals surface area contributed by atoms with Gasteiger partial charge in [-0.15, -0.1) is 0 Å². The van der Waals surface area contributed by atoms with E-state index < -0.39 is 18.2 Å². The molecule has 1 amide bonds. The average molecular weight is 866 g/mol. The number of esters is 1. The molecule has 0 saturated heterocycles. The highest BCUT2D eigenvalue weighted by atomic mass is 16.5. The fourth-order valence-electron chi connectivity index (χ4n) is 7.56. The molecular formula is C56H99NO5. The van der Waals surface area contributed by atoms with Gasteiger partial charge in [0.05, 0.1) is 25.2 Å². The molecular weight excluding hydrogens is 767 g/mol. The second-order valence-electron chi connectivity index (χ2n) is 17.5. The van der Waals surface area contributed by atoms with Crippen molar-refractivity contribution < 1.29 is 24.5 Å². The molecule has 62 heavy (non-hydrogen) atoms. The van der Waals surface area contributed by atoms with E-state index in [1.165, 1.54) is 109 Å². The maximum atomic E-state index is 13.2. The molecule has 0 aliphatic rings. The lowest BCUT2D eigenvalue weighted by Gasteiger charge is -2.24. The molecule has 0 fully saturated rings. The number of aliphatic hydroxyl groups excluding tert-OH is 2. The molecule has 3 atom stereocenters. The zero-order valence-electron chi connectivity index (χ0n) is 40.7. The van der Waals surface area contributed by atoms with E-state index in [0.29, 0.717) is 19.3 Å². The third kappa shape index (κ3) is 43.9. The number of unbranched alkanes of at least 4 members (excludes halogenated alkanes) is 22. The van der Waals surface area contributed by atoms with E-state index in [0.717, 1.165) is 89.9 Å². The number of rotatable bonds is 46. The maximum absolute atomic E-state index is 13.2. The zero-order valence-corrected chi connectivity index (χ0v) is 40.7. The topological polar surface area (TPSA) is 95.9 Å². The highest BCUT2D eigenvalue weighted by Gasteiger charge is 2.24. The second kappa shape index (κ2) is 49.3. The molecule has 0 bridgehead atoms. The van der Waals surface area contributed by atoms with Crippen LogP contribution in [0.5, 0.6) is 0 Å². The summed E-state index contributed by atoms with van der Waals surface area (Å²) in [7, 11) is 0. The number of allylic oxidation sites excluding steroid dienone is 12. The van der Waals surface area contributed by atoms with Crippen molar-refractivity contribution in [2.45, 2.75) is 264 Å². The average Bonchev–Trinajstić information content (AvgIpc) is 3.26. The Hall–Kier alpha value is -2.70. The first-order valence-electron chi connectivity index (χ1n) is 26.2. The Kier molecular flexibility index (Phi) is 47.2. The first kappa shape index (κ1) is 59.3. The summed E-state index contributed by atoms with van der Waals surface area (Å²) in [6.07, 6.45) is 62.5. The minimum Gasteiger partial charge on any atom is -0.462 e. The maximum Gasteiger partial charge on any atom is 0.306 e. The standard InChI is InChI=1S/C56H99NO5/c1-4-7-10-13-16-19-22-24-26-27-29-30-33-35-38-41-44-47-52(62-56(61)49-46-43-40-37-32-21-18-15-12-9-6-3)50-55(60)57-53(51-58)54(59)48-45-42-39-36-34-31-28-25-23-20-17-14-11-8-5-2/h7,10,15-16,18-19,24,26,29-30,35,38,52-54,58-59H,4-6,8-9,11-14,17,20-23,25,27-28,31-34,36-37,39-51H2,1-3H3,(H,57,60)/b10-7-,18-15-,19-16-,26-24-,30-29-,38-35-. The van der Waals surface area contributed by atoms with Crippen LogP contribution < -0.4 is 5.32 Å². The van der Waals surface area contributed by atoms with Crippen LogP contribution in [0.25, 0.3) is 0 Å².